The quantitative estimate of drug-likeness (QED) is 0.835. The predicted molar refractivity (Wildman–Crippen MR) is 96.2 cm³/mol. The first-order valence-electron chi connectivity index (χ1n) is 9.41. The summed E-state index contributed by atoms with van der Waals surface area (Å²) in [6.45, 7) is 6.90. The number of piperidine rings is 1. The Bertz CT molecular complexity index is 548. The van der Waals surface area contributed by atoms with E-state index in [-0.39, 0.29) is 12.0 Å². The Morgan fingerprint density at radius 1 is 1.29 bits per heavy atom. The molecule has 1 aromatic carbocycles. The summed E-state index contributed by atoms with van der Waals surface area (Å²) < 4.78 is 5.97. The van der Waals surface area contributed by atoms with Crippen LogP contribution in [0.4, 0.5) is 0 Å². The second-order valence-electron chi connectivity index (χ2n) is 7.28. The van der Waals surface area contributed by atoms with Gasteiger partial charge in [0.2, 0.25) is 0 Å². The molecule has 1 amide bonds. The number of nitrogens with one attached hydrogen (secondary N) is 1. The zero-order valence-corrected chi connectivity index (χ0v) is 15.0. The number of hydrogen-bond acceptors (Lipinski definition) is 3. The van der Waals surface area contributed by atoms with Crippen LogP contribution in [-0.2, 0) is 4.79 Å². The van der Waals surface area contributed by atoms with Crippen LogP contribution in [0.1, 0.15) is 44.6 Å². The van der Waals surface area contributed by atoms with Gasteiger partial charge in [-0.2, -0.15) is 0 Å². The lowest BCUT2D eigenvalue weighted by Gasteiger charge is -2.34. The van der Waals surface area contributed by atoms with Crippen LogP contribution in [0.5, 0.6) is 5.75 Å². The summed E-state index contributed by atoms with van der Waals surface area (Å²) in [5.74, 6) is 1.84. The van der Waals surface area contributed by atoms with Crippen LogP contribution in [-0.4, -0.2) is 42.6 Å². The van der Waals surface area contributed by atoms with Crippen molar-refractivity contribution in [1.82, 2.24) is 10.2 Å². The van der Waals surface area contributed by atoms with Crippen molar-refractivity contribution in [3.63, 3.8) is 0 Å². The van der Waals surface area contributed by atoms with Crippen molar-refractivity contribution in [3.8, 4) is 5.75 Å². The van der Waals surface area contributed by atoms with Gasteiger partial charge in [-0.25, -0.2) is 0 Å². The average molecular weight is 330 g/mol. The number of benzene rings is 1. The van der Waals surface area contributed by atoms with Crippen molar-refractivity contribution < 1.29 is 9.53 Å². The van der Waals surface area contributed by atoms with Crippen molar-refractivity contribution in [3.05, 3.63) is 29.8 Å². The fraction of sp³-hybridized carbons (Fsp3) is 0.650. The molecule has 1 aliphatic heterocycles. The maximum atomic E-state index is 12.8. The van der Waals surface area contributed by atoms with Gasteiger partial charge in [-0.3, -0.25) is 4.79 Å². The van der Waals surface area contributed by atoms with E-state index in [2.05, 4.69) is 5.32 Å². The van der Waals surface area contributed by atoms with Gasteiger partial charge in [-0.05, 0) is 69.2 Å². The second kappa shape index (κ2) is 8.02. The van der Waals surface area contributed by atoms with Gasteiger partial charge in [0.25, 0.3) is 5.91 Å². The number of carbonyl (C=O) groups excluding carboxylic acids is 1. The molecule has 1 unspecified atom stereocenters. The van der Waals surface area contributed by atoms with Crippen molar-refractivity contribution in [2.45, 2.75) is 58.1 Å². The molecule has 1 N–H and O–H groups in total. The van der Waals surface area contributed by atoms with Gasteiger partial charge >= 0.3 is 0 Å². The summed E-state index contributed by atoms with van der Waals surface area (Å²) in [6, 6.07) is 8.50. The number of rotatable bonds is 7. The molecule has 4 heteroatoms. The largest absolute Gasteiger partial charge is 0.481 e. The highest BCUT2D eigenvalue weighted by atomic mass is 16.5. The molecule has 0 bridgehead atoms. The van der Waals surface area contributed by atoms with Gasteiger partial charge in [0, 0.05) is 19.1 Å². The predicted octanol–water partition coefficient (Wildman–Crippen LogP) is 3.14. The van der Waals surface area contributed by atoms with E-state index >= 15 is 0 Å². The summed E-state index contributed by atoms with van der Waals surface area (Å²) in [6.07, 6.45) is 5.21. The summed E-state index contributed by atoms with van der Waals surface area (Å²) in [5, 5.41) is 3.66. The highest BCUT2D eigenvalue weighted by Gasteiger charge is 2.29. The van der Waals surface area contributed by atoms with Crippen molar-refractivity contribution in [2.24, 2.45) is 5.92 Å². The van der Waals surface area contributed by atoms with E-state index in [1.807, 2.05) is 43.0 Å². The van der Waals surface area contributed by atoms with Crippen LogP contribution >= 0.6 is 0 Å². The summed E-state index contributed by atoms with van der Waals surface area (Å²) in [4.78, 5) is 14.8. The normalized spacial score (nSPS) is 20.0. The average Bonchev–Trinajstić information content (AvgIpc) is 3.42. The van der Waals surface area contributed by atoms with E-state index in [1.165, 1.54) is 12.8 Å². The Morgan fingerprint density at radius 2 is 2.04 bits per heavy atom. The minimum absolute atomic E-state index is 0.139. The molecule has 132 valence electrons. The number of aryl methyl sites for hydroxylation is 1. The lowest BCUT2D eigenvalue weighted by atomic mass is 10.0. The fourth-order valence-corrected chi connectivity index (χ4v) is 3.32. The van der Waals surface area contributed by atoms with E-state index in [1.54, 1.807) is 0 Å². The third-order valence-corrected chi connectivity index (χ3v) is 5.11. The van der Waals surface area contributed by atoms with Crippen LogP contribution in [0.25, 0.3) is 0 Å². The lowest BCUT2D eigenvalue weighted by Crippen LogP contribution is -2.49. The first-order chi connectivity index (χ1) is 11.7. The minimum atomic E-state index is -0.372. The third-order valence-electron chi connectivity index (χ3n) is 5.11. The molecular formula is C20H30N2O2. The van der Waals surface area contributed by atoms with Crippen molar-refractivity contribution in [2.75, 3.05) is 19.6 Å². The Morgan fingerprint density at radius 3 is 2.67 bits per heavy atom. The Labute approximate surface area is 145 Å². The van der Waals surface area contributed by atoms with Crippen LogP contribution in [0.3, 0.4) is 0 Å². The number of ether oxygens (including phenoxy) is 1. The molecule has 0 radical (unpaired) electrons. The number of likely N-dealkylation sites (tertiary alicyclic amines) is 1. The fourth-order valence-electron chi connectivity index (χ4n) is 3.32. The molecule has 4 nitrogen and oxygen atoms in total. The molecule has 1 saturated carbocycles. The van der Waals surface area contributed by atoms with E-state index in [0.717, 1.165) is 49.7 Å². The smallest absolute Gasteiger partial charge is 0.263 e. The molecule has 3 rings (SSSR count). The first-order valence-corrected chi connectivity index (χ1v) is 9.41. The molecule has 1 heterocycles. The van der Waals surface area contributed by atoms with E-state index in [0.29, 0.717) is 12.5 Å². The zero-order chi connectivity index (χ0) is 16.9. The molecule has 0 spiro atoms. The number of amides is 1. The number of carbonyl (C=O) groups is 1. The van der Waals surface area contributed by atoms with Gasteiger partial charge in [-0.15, -0.1) is 0 Å². The summed E-state index contributed by atoms with van der Waals surface area (Å²) in [5.41, 5.74) is 1.15. The van der Waals surface area contributed by atoms with Gasteiger partial charge in [0.15, 0.2) is 6.10 Å². The van der Waals surface area contributed by atoms with E-state index in [4.69, 9.17) is 4.74 Å². The molecule has 24 heavy (non-hydrogen) atoms. The number of hydrogen-bond donors (Lipinski definition) is 1. The van der Waals surface area contributed by atoms with Gasteiger partial charge in [-0.1, -0.05) is 19.1 Å². The van der Waals surface area contributed by atoms with Crippen LogP contribution < -0.4 is 10.1 Å². The Hall–Kier alpha value is -1.55. The monoisotopic (exact) mass is 330 g/mol. The highest BCUT2D eigenvalue weighted by Crippen LogP contribution is 2.28. The molecule has 2 aliphatic rings. The molecule has 1 aliphatic carbocycles. The second-order valence-corrected chi connectivity index (χ2v) is 7.28. The first kappa shape index (κ1) is 17.3. The number of nitrogens with zero attached hydrogens (tertiary/aromatic N) is 1. The van der Waals surface area contributed by atoms with Crippen molar-refractivity contribution in [1.29, 1.82) is 0 Å². The van der Waals surface area contributed by atoms with E-state index in [9.17, 15) is 4.79 Å². The van der Waals surface area contributed by atoms with Crippen LogP contribution in [0.15, 0.2) is 24.3 Å². The molecule has 1 atom stereocenters. The molecular weight excluding hydrogens is 300 g/mol. The summed E-state index contributed by atoms with van der Waals surface area (Å²) >= 11 is 0. The maximum absolute atomic E-state index is 12.8. The topological polar surface area (TPSA) is 41.6 Å². The highest BCUT2D eigenvalue weighted by molar-refractivity contribution is 5.81. The molecule has 1 saturated heterocycles. The maximum Gasteiger partial charge on any atom is 0.263 e. The van der Waals surface area contributed by atoms with Crippen molar-refractivity contribution >= 4 is 5.91 Å². The Kier molecular flexibility index (Phi) is 5.77. The van der Waals surface area contributed by atoms with Gasteiger partial charge in [0.1, 0.15) is 5.75 Å². The van der Waals surface area contributed by atoms with Crippen LogP contribution in [0.2, 0.25) is 0 Å². The third kappa shape index (κ3) is 4.73. The van der Waals surface area contributed by atoms with Crippen LogP contribution in [0, 0.1) is 12.8 Å². The zero-order valence-electron chi connectivity index (χ0n) is 15.0. The molecule has 1 aromatic rings. The van der Waals surface area contributed by atoms with Gasteiger partial charge in [0.05, 0.1) is 0 Å². The minimum Gasteiger partial charge on any atom is -0.481 e. The standard InChI is InChI=1S/C20H30N2O2/c1-3-19(24-18-6-4-5-15(2)13-18)20(23)22-11-9-17(10-12-22)21-14-16-7-8-16/h4-6,13,16-17,19,21H,3,7-12,14H2,1-2H3. The molecule has 0 aromatic heterocycles. The Balaban J connectivity index is 1.48. The van der Waals surface area contributed by atoms with E-state index < -0.39 is 0 Å². The SMILES string of the molecule is CCC(Oc1cccc(C)c1)C(=O)N1CCC(NCC2CC2)CC1. The molecule has 2 fully saturated rings. The summed E-state index contributed by atoms with van der Waals surface area (Å²) in [7, 11) is 0. The van der Waals surface area contributed by atoms with Gasteiger partial charge < -0.3 is 15.0 Å². The lowest BCUT2D eigenvalue weighted by molar-refractivity contribution is -0.140.